The first-order valence-electron chi connectivity index (χ1n) is 5.13. The van der Waals surface area contributed by atoms with Gasteiger partial charge in [0.05, 0.1) is 0 Å². The van der Waals surface area contributed by atoms with Gasteiger partial charge in [-0.15, -0.1) is 0 Å². The van der Waals surface area contributed by atoms with Crippen LogP contribution in [-0.4, -0.2) is 50.3 Å². The summed E-state index contributed by atoms with van der Waals surface area (Å²) >= 11 is 0. The van der Waals surface area contributed by atoms with Gasteiger partial charge in [-0.05, 0) is 52.5 Å². The molecule has 0 heterocycles. The Morgan fingerprint density at radius 2 is 2.00 bits per heavy atom. The molecule has 3 heteroatoms. The summed E-state index contributed by atoms with van der Waals surface area (Å²) in [6.07, 6.45) is 2.46. The van der Waals surface area contributed by atoms with Crippen molar-refractivity contribution in [1.29, 1.82) is 0 Å². The average Bonchev–Trinajstić information content (AvgIpc) is 2.10. The van der Waals surface area contributed by atoms with Gasteiger partial charge in [0.1, 0.15) is 0 Å². The van der Waals surface area contributed by atoms with Crippen molar-refractivity contribution >= 4 is 0 Å². The van der Waals surface area contributed by atoms with E-state index in [0.717, 1.165) is 19.6 Å². The monoisotopic (exact) mass is 188 g/mol. The Morgan fingerprint density at radius 3 is 2.54 bits per heavy atom. The highest BCUT2D eigenvalue weighted by Crippen LogP contribution is 1.91. The van der Waals surface area contributed by atoms with Crippen LogP contribution in [0.3, 0.4) is 0 Å². The lowest BCUT2D eigenvalue weighted by molar-refractivity contribution is 0.233. The SMILES string of the molecule is CC(CO)CNCCCCN(C)C. The van der Waals surface area contributed by atoms with Crippen molar-refractivity contribution in [3.05, 3.63) is 0 Å². The normalized spacial score (nSPS) is 13.6. The van der Waals surface area contributed by atoms with Crippen molar-refractivity contribution in [3.63, 3.8) is 0 Å². The van der Waals surface area contributed by atoms with Gasteiger partial charge in [0.2, 0.25) is 0 Å². The Balaban J connectivity index is 2.99. The van der Waals surface area contributed by atoms with Crippen molar-refractivity contribution in [2.75, 3.05) is 40.3 Å². The van der Waals surface area contributed by atoms with Gasteiger partial charge in [0.25, 0.3) is 0 Å². The van der Waals surface area contributed by atoms with Crippen molar-refractivity contribution < 1.29 is 5.11 Å². The second-order valence-electron chi connectivity index (χ2n) is 4.00. The van der Waals surface area contributed by atoms with Gasteiger partial charge >= 0.3 is 0 Å². The largest absolute Gasteiger partial charge is 0.396 e. The molecule has 3 nitrogen and oxygen atoms in total. The molecule has 0 aromatic heterocycles. The number of nitrogens with zero attached hydrogens (tertiary/aromatic N) is 1. The molecule has 80 valence electrons. The van der Waals surface area contributed by atoms with E-state index in [1.807, 2.05) is 6.92 Å². The van der Waals surface area contributed by atoms with Crippen LogP contribution in [0.15, 0.2) is 0 Å². The molecule has 0 aliphatic carbocycles. The van der Waals surface area contributed by atoms with Crippen LogP contribution < -0.4 is 5.32 Å². The van der Waals surface area contributed by atoms with Crippen LogP contribution >= 0.6 is 0 Å². The molecule has 0 saturated carbocycles. The number of rotatable bonds is 8. The van der Waals surface area contributed by atoms with Crippen LogP contribution in [0.4, 0.5) is 0 Å². The first kappa shape index (κ1) is 12.9. The topological polar surface area (TPSA) is 35.5 Å². The maximum atomic E-state index is 8.76. The minimum absolute atomic E-state index is 0.282. The van der Waals surface area contributed by atoms with Crippen LogP contribution in [0.1, 0.15) is 19.8 Å². The summed E-state index contributed by atoms with van der Waals surface area (Å²) in [6.45, 7) is 5.49. The molecule has 0 bridgehead atoms. The molecule has 13 heavy (non-hydrogen) atoms. The highest BCUT2D eigenvalue weighted by Gasteiger charge is 1.97. The second kappa shape index (κ2) is 8.48. The fourth-order valence-corrected chi connectivity index (χ4v) is 1.09. The van der Waals surface area contributed by atoms with Crippen LogP contribution in [0, 0.1) is 5.92 Å². The Bertz CT molecular complexity index is 107. The van der Waals surface area contributed by atoms with Crippen LogP contribution in [-0.2, 0) is 0 Å². The second-order valence-corrected chi connectivity index (χ2v) is 4.00. The first-order chi connectivity index (χ1) is 6.16. The number of unbranched alkanes of at least 4 members (excludes halogenated alkanes) is 1. The van der Waals surface area contributed by atoms with E-state index in [-0.39, 0.29) is 6.61 Å². The van der Waals surface area contributed by atoms with E-state index in [1.165, 1.54) is 12.8 Å². The molecule has 0 saturated heterocycles. The fourth-order valence-electron chi connectivity index (χ4n) is 1.09. The third kappa shape index (κ3) is 9.80. The molecule has 0 aromatic rings. The van der Waals surface area contributed by atoms with Crippen molar-refractivity contribution in [3.8, 4) is 0 Å². The summed E-state index contributed by atoms with van der Waals surface area (Å²) < 4.78 is 0. The highest BCUT2D eigenvalue weighted by molar-refractivity contribution is 4.55. The fraction of sp³-hybridized carbons (Fsp3) is 1.00. The third-order valence-corrected chi connectivity index (χ3v) is 2.01. The molecule has 0 rings (SSSR count). The van der Waals surface area contributed by atoms with Gasteiger partial charge in [-0.2, -0.15) is 0 Å². The molecule has 0 aromatic carbocycles. The standard InChI is InChI=1S/C10H24N2O/c1-10(9-13)8-11-6-4-5-7-12(2)3/h10-11,13H,4-9H2,1-3H3. The van der Waals surface area contributed by atoms with Crippen LogP contribution in [0.2, 0.25) is 0 Å². The average molecular weight is 188 g/mol. The van der Waals surface area contributed by atoms with Gasteiger partial charge in [-0.3, -0.25) is 0 Å². The summed E-state index contributed by atoms with van der Waals surface area (Å²) in [5.41, 5.74) is 0. The number of aliphatic hydroxyl groups excluding tert-OH is 1. The Hall–Kier alpha value is -0.120. The number of aliphatic hydroxyl groups is 1. The van der Waals surface area contributed by atoms with Crippen LogP contribution in [0.5, 0.6) is 0 Å². The quantitative estimate of drug-likeness (QED) is 0.546. The summed E-state index contributed by atoms with van der Waals surface area (Å²) in [6, 6.07) is 0. The van der Waals surface area contributed by atoms with Gasteiger partial charge < -0.3 is 15.3 Å². The molecule has 0 amide bonds. The zero-order valence-electron chi connectivity index (χ0n) is 9.21. The van der Waals surface area contributed by atoms with Gasteiger partial charge in [0, 0.05) is 6.61 Å². The highest BCUT2D eigenvalue weighted by atomic mass is 16.3. The molecule has 1 unspecified atom stereocenters. The molecule has 0 fully saturated rings. The third-order valence-electron chi connectivity index (χ3n) is 2.01. The Morgan fingerprint density at radius 1 is 1.31 bits per heavy atom. The van der Waals surface area contributed by atoms with E-state index in [4.69, 9.17) is 5.11 Å². The van der Waals surface area contributed by atoms with Crippen molar-refractivity contribution in [1.82, 2.24) is 10.2 Å². The lowest BCUT2D eigenvalue weighted by Crippen LogP contribution is -2.24. The molecule has 0 aliphatic heterocycles. The minimum atomic E-state index is 0.282. The molecule has 0 aliphatic rings. The molecule has 0 spiro atoms. The zero-order chi connectivity index (χ0) is 10.1. The lowest BCUT2D eigenvalue weighted by atomic mass is 10.2. The number of hydrogen-bond acceptors (Lipinski definition) is 3. The van der Waals surface area contributed by atoms with Gasteiger partial charge in [-0.25, -0.2) is 0 Å². The van der Waals surface area contributed by atoms with E-state index in [9.17, 15) is 0 Å². The van der Waals surface area contributed by atoms with E-state index in [2.05, 4.69) is 24.3 Å². The van der Waals surface area contributed by atoms with Gasteiger partial charge in [0.15, 0.2) is 0 Å². The predicted octanol–water partition coefficient (Wildman–Crippen LogP) is 0.546. The van der Waals surface area contributed by atoms with E-state index in [0.29, 0.717) is 5.92 Å². The molecule has 2 N–H and O–H groups in total. The molecule has 0 radical (unpaired) electrons. The van der Waals surface area contributed by atoms with Crippen molar-refractivity contribution in [2.45, 2.75) is 19.8 Å². The smallest absolute Gasteiger partial charge is 0.0468 e. The summed E-state index contributed by atoms with van der Waals surface area (Å²) in [5.74, 6) is 0.383. The summed E-state index contributed by atoms with van der Waals surface area (Å²) in [5, 5.41) is 12.1. The predicted molar refractivity (Wildman–Crippen MR) is 56.9 cm³/mol. The number of nitrogens with one attached hydrogen (secondary N) is 1. The molecule has 1 atom stereocenters. The maximum absolute atomic E-state index is 8.76. The lowest BCUT2D eigenvalue weighted by Gasteiger charge is -2.11. The summed E-state index contributed by atoms with van der Waals surface area (Å²) in [4.78, 5) is 2.20. The minimum Gasteiger partial charge on any atom is -0.396 e. The van der Waals surface area contributed by atoms with E-state index >= 15 is 0 Å². The maximum Gasteiger partial charge on any atom is 0.0468 e. The van der Waals surface area contributed by atoms with E-state index < -0.39 is 0 Å². The first-order valence-corrected chi connectivity index (χ1v) is 5.13. The van der Waals surface area contributed by atoms with E-state index in [1.54, 1.807) is 0 Å². The number of hydrogen-bond donors (Lipinski definition) is 2. The van der Waals surface area contributed by atoms with Crippen molar-refractivity contribution in [2.24, 2.45) is 5.92 Å². The molecular weight excluding hydrogens is 164 g/mol. The zero-order valence-corrected chi connectivity index (χ0v) is 9.21. The van der Waals surface area contributed by atoms with Gasteiger partial charge in [-0.1, -0.05) is 6.92 Å². The molecular formula is C10H24N2O. The van der Waals surface area contributed by atoms with Crippen LogP contribution in [0.25, 0.3) is 0 Å². The Labute approximate surface area is 82.1 Å². The Kier molecular flexibility index (Phi) is 8.40. The summed E-state index contributed by atoms with van der Waals surface area (Å²) in [7, 11) is 4.20.